The lowest BCUT2D eigenvalue weighted by Gasteiger charge is -2.35. The van der Waals surface area contributed by atoms with E-state index in [0.29, 0.717) is 42.9 Å². The maximum atomic E-state index is 13.0. The monoisotopic (exact) mass is 423 g/mol. The lowest BCUT2D eigenvalue weighted by molar-refractivity contribution is -0.138. The fourth-order valence-corrected chi connectivity index (χ4v) is 3.88. The molecule has 1 aliphatic heterocycles. The van der Waals surface area contributed by atoms with Crippen LogP contribution in [0.25, 0.3) is 0 Å². The molecule has 1 atom stereocenters. The normalized spacial score (nSPS) is 14.1. The van der Waals surface area contributed by atoms with Crippen LogP contribution >= 0.6 is 0 Å². The molecule has 0 bridgehead atoms. The number of nitrogens with one attached hydrogen (secondary N) is 1. The van der Waals surface area contributed by atoms with Crippen molar-refractivity contribution in [2.24, 2.45) is 5.73 Å². The zero-order chi connectivity index (χ0) is 22.4. The Morgan fingerprint density at radius 3 is 2.65 bits per heavy atom. The van der Waals surface area contributed by atoms with Gasteiger partial charge in [-0.05, 0) is 42.2 Å². The number of nitrogen functional groups attached to an aromatic ring is 1. The van der Waals surface area contributed by atoms with E-state index < -0.39 is 5.97 Å². The number of benzene rings is 2. The summed E-state index contributed by atoms with van der Waals surface area (Å²) in [7, 11) is 0. The van der Waals surface area contributed by atoms with E-state index in [0.717, 1.165) is 24.0 Å². The number of carbonyl (C=O) groups is 2. The first-order valence-corrected chi connectivity index (χ1v) is 10.6. The van der Waals surface area contributed by atoms with Gasteiger partial charge in [0.05, 0.1) is 6.42 Å². The lowest BCUT2D eigenvalue weighted by Crippen LogP contribution is -2.45. The first-order chi connectivity index (χ1) is 14.9. The topological polar surface area (TPSA) is 117 Å². The Hall–Kier alpha value is -3.35. The van der Waals surface area contributed by atoms with Crippen LogP contribution in [-0.4, -0.2) is 40.3 Å². The molecule has 2 aromatic carbocycles. The largest absolute Gasteiger partial charge is 0.489 e. The molecule has 4 N–H and O–H groups in total. The predicted octanol–water partition coefficient (Wildman–Crippen LogP) is 3.58. The minimum absolute atomic E-state index is 0.0231. The number of ether oxygens (including phenoxy) is 1. The first-order valence-electron chi connectivity index (χ1n) is 10.6. The van der Waals surface area contributed by atoms with Gasteiger partial charge in [-0.3, -0.25) is 15.0 Å². The van der Waals surface area contributed by atoms with Gasteiger partial charge >= 0.3 is 5.97 Å². The molecule has 0 aromatic heterocycles. The number of amidine groups is 1. The van der Waals surface area contributed by atoms with Crippen LogP contribution in [0.1, 0.15) is 59.7 Å². The number of rotatable bonds is 10. The van der Waals surface area contributed by atoms with Crippen LogP contribution in [0.2, 0.25) is 0 Å². The summed E-state index contributed by atoms with van der Waals surface area (Å²) in [6, 6.07) is 12.5. The third-order valence-corrected chi connectivity index (χ3v) is 5.60. The number of nitrogens with two attached hydrogens (primary N) is 1. The fraction of sp³-hybridized carbons (Fsp3) is 0.375. The van der Waals surface area contributed by atoms with Crippen LogP contribution in [0.5, 0.6) is 5.75 Å². The lowest BCUT2D eigenvalue weighted by atomic mass is 9.95. The van der Waals surface area contributed by atoms with Crippen molar-refractivity contribution in [3.63, 3.8) is 0 Å². The summed E-state index contributed by atoms with van der Waals surface area (Å²) in [5.41, 5.74) is 8.64. The minimum atomic E-state index is -0.875. The Bertz CT molecular complexity index is 956. The van der Waals surface area contributed by atoms with Gasteiger partial charge < -0.3 is 20.5 Å². The molecule has 7 nitrogen and oxygen atoms in total. The highest BCUT2D eigenvalue weighted by atomic mass is 16.5. The van der Waals surface area contributed by atoms with Crippen molar-refractivity contribution in [3.8, 4) is 5.75 Å². The third kappa shape index (κ3) is 5.63. The summed E-state index contributed by atoms with van der Waals surface area (Å²) in [6.07, 6.45) is 3.22. The van der Waals surface area contributed by atoms with Crippen LogP contribution in [0.15, 0.2) is 42.5 Å². The molecule has 0 spiro atoms. The Balaban J connectivity index is 1.68. The molecule has 31 heavy (non-hydrogen) atoms. The highest BCUT2D eigenvalue weighted by Crippen LogP contribution is 2.27. The van der Waals surface area contributed by atoms with E-state index in [1.807, 2.05) is 18.2 Å². The van der Waals surface area contributed by atoms with Gasteiger partial charge in [0.2, 0.25) is 0 Å². The number of hydrogen-bond donors (Lipinski definition) is 3. The van der Waals surface area contributed by atoms with Crippen molar-refractivity contribution >= 4 is 17.7 Å². The van der Waals surface area contributed by atoms with Gasteiger partial charge in [0.1, 0.15) is 18.2 Å². The van der Waals surface area contributed by atoms with Gasteiger partial charge in [-0.25, -0.2) is 0 Å². The minimum Gasteiger partial charge on any atom is -0.489 e. The summed E-state index contributed by atoms with van der Waals surface area (Å²) in [6.45, 7) is 2.95. The zero-order valence-corrected chi connectivity index (χ0v) is 17.8. The Kier molecular flexibility index (Phi) is 7.28. The van der Waals surface area contributed by atoms with E-state index in [1.165, 1.54) is 0 Å². The summed E-state index contributed by atoms with van der Waals surface area (Å²) in [5.74, 6) is -0.264. The smallest absolute Gasteiger partial charge is 0.305 e. The number of carbonyl (C=O) groups excluding carboxylic acids is 1. The van der Waals surface area contributed by atoms with Gasteiger partial charge in [0.25, 0.3) is 5.91 Å². The molecule has 0 saturated heterocycles. The molecule has 7 heteroatoms. The van der Waals surface area contributed by atoms with Crippen LogP contribution < -0.4 is 10.5 Å². The van der Waals surface area contributed by atoms with Gasteiger partial charge in [-0.1, -0.05) is 44.0 Å². The molecule has 164 valence electrons. The zero-order valence-electron chi connectivity index (χ0n) is 17.8. The first kappa shape index (κ1) is 22.3. The molecule has 0 fully saturated rings. The number of aliphatic carboxylic acids is 1. The molecular formula is C24H29N3O4. The number of amides is 1. The van der Waals surface area contributed by atoms with Crippen LogP contribution in [0.4, 0.5) is 0 Å². The average molecular weight is 424 g/mol. The van der Waals surface area contributed by atoms with E-state index in [9.17, 15) is 14.7 Å². The number of fused-ring (bicyclic) bond motifs is 1. The van der Waals surface area contributed by atoms with E-state index >= 15 is 0 Å². The van der Waals surface area contributed by atoms with Gasteiger partial charge in [0.15, 0.2) is 0 Å². The van der Waals surface area contributed by atoms with Gasteiger partial charge in [-0.2, -0.15) is 0 Å². The van der Waals surface area contributed by atoms with Gasteiger partial charge in [-0.15, -0.1) is 0 Å². The molecule has 0 radical (unpaired) electrons. The second-order valence-corrected chi connectivity index (χ2v) is 7.86. The Labute approximate surface area is 182 Å². The standard InChI is InChI=1S/C24H29N3O4/c1-2-3-4-19(14-22(28)29)27-12-11-18-13-20(9-10-21(18)24(27)30)31-15-16-5-7-17(8-6-16)23(25)26/h5-10,13,19H,2-4,11-12,14-15H2,1H3,(H3,25,26)(H,28,29). The van der Waals surface area contributed by atoms with E-state index in [2.05, 4.69) is 6.92 Å². The third-order valence-electron chi connectivity index (χ3n) is 5.60. The van der Waals surface area contributed by atoms with Crippen LogP contribution in [0, 0.1) is 5.41 Å². The Morgan fingerprint density at radius 1 is 1.26 bits per heavy atom. The van der Waals surface area contributed by atoms with Crippen molar-refractivity contribution in [3.05, 3.63) is 64.7 Å². The molecular weight excluding hydrogens is 394 g/mol. The summed E-state index contributed by atoms with van der Waals surface area (Å²) >= 11 is 0. The van der Waals surface area contributed by atoms with Crippen molar-refractivity contribution < 1.29 is 19.4 Å². The number of carboxylic acids is 1. The number of carboxylic acid groups (broad SMARTS) is 1. The SMILES string of the molecule is CCCCC(CC(=O)O)N1CCc2cc(OCc3ccc(C(=N)N)cc3)ccc2C1=O. The maximum absolute atomic E-state index is 13.0. The molecule has 0 aliphatic carbocycles. The van der Waals surface area contributed by atoms with E-state index in [1.54, 1.807) is 29.2 Å². The summed E-state index contributed by atoms with van der Waals surface area (Å²) in [5, 5.41) is 16.7. The molecule has 1 unspecified atom stereocenters. The number of hydrogen-bond acceptors (Lipinski definition) is 4. The maximum Gasteiger partial charge on any atom is 0.305 e. The molecule has 1 heterocycles. The molecule has 3 rings (SSSR count). The van der Waals surface area contributed by atoms with Crippen molar-refractivity contribution in [2.75, 3.05) is 6.54 Å². The molecule has 0 saturated carbocycles. The van der Waals surface area contributed by atoms with Crippen molar-refractivity contribution in [1.29, 1.82) is 5.41 Å². The molecule has 1 aliphatic rings. The van der Waals surface area contributed by atoms with E-state index in [-0.39, 0.29) is 24.2 Å². The van der Waals surface area contributed by atoms with Crippen molar-refractivity contribution in [1.82, 2.24) is 4.90 Å². The second kappa shape index (κ2) is 10.1. The van der Waals surface area contributed by atoms with Crippen LogP contribution in [0.3, 0.4) is 0 Å². The van der Waals surface area contributed by atoms with Crippen LogP contribution in [-0.2, 0) is 17.8 Å². The molecule has 2 aromatic rings. The quantitative estimate of drug-likeness (QED) is 0.399. The van der Waals surface area contributed by atoms with E-state index in [4.69, 9.17) is 15.9 Å². The average Bonchev–Trinajstić information content (AvgIpc) is 2.75. The Morgan fingerprint density at radius 2 is 2.00 bits per heavy atom. The molecule has 1 amide bonds. The van der Waals surface area contributed by atoms with Crippen molar-refractivity contribution in [2.45, 2.75) is 51.7 Å². The number of nitrogens with zero attached hydrogens (tertiary/aromatic N) is 1. The van der Waals surface area contributed by atoms with Gasteiger partial charge in [0, 0.05) is 23.7 Å². The summed E-state index contributed by atoms with van der Waals surface area (Å²) < 4.78 is 5.89. The fourth-order valence-electron chi connectivity index (χ4n) is 3.88. The second-order valence-electron chi connectivity index (χ2n) is 7.86. The summed E-state index contributed by atoms with van der Waals surface area (Å²) in [4.78, 5) is 26.1. The number of unbranched alkanes of at least 4 members (excludes halogenated alkanes) is 1. The predicted molar refractivity (Wildman–Crippen MR) is 119 cm³/mol. The highest BCUT2D eigenvalue weighted by molar-refractivity contribution is 5.97. The highest BCUT2D eigenvalue weighted by Gasteiger charge is 2.31.